The molecule has 18 nitrogen and oxygen atoms in total. The van der Waals surface area contributed by atoms with E-state index in [-0.39, 0.29) is 39.1 Å². The van der Waals surface area contributed by atoms with Crippen molar-refractivity contribution in [1.29, 1.82) is 0 Å². The van der Waals surface area contributed by atoms with Crippen LogP contribution >= 0.6 is 0 Å². The minimum atomic E-state index is -1.44. The number of carbonyl (C=O) groups excluding carboxylic acids is 6. The number of imidazole rings is 1. The van der Waals surface area contributed by atoms with E-state index >= 15 is 0 Å². The number of ether oxygens (including phenoxy) is 3. The Kier molecular flexibility index (Phi) is 18.3. The van der Waals surface area contributed by atoms with E-state index in [9.17, 15) is 28.8 Å². The molecule has 0 aliphatic carbocycles. The standard InChI is InChI=1S/C54H57N9O9/c1-35(49(55)64)59-50(65)46(26-40-28-57-44-20-12-11-19-43(40)44)61-53(68)48(33-70-30-37-13-5-2-6-14-37)62-51(66)45(25-36-21-23-42(24-22-36)71-31-38-15-7-3-8-16-38)60-52(67)47(27-41-29-56-34-58-41)63-54(69)72-32-39-17-9-4-10-18-39/h2-24,28-29,34-35,45-48,57H,25-27,30-33H2,1H3,(H2,55,64)(H,56,58)(H,59,65)(H,60,67)(H,61,68)(H,62,66)(H,63,69)/t35-,45+,46+,47+,48+/m1/s1. The Labute approximate surface area is 415 Å². The highest BCUT2D eigenvalue weighted by molar-refractivity contribution is 5.97. The number of carbonyl (C=O) groups is 6. The van der Waals surface area contributed by atoms with Crippen LogP contribution in [-0.2, 0) is 72.5 Å². The smallest absolute Gasteiger partial charge is 0.408 e. The van der Waals surface area contributed by atoms with Crippen LogP contribution in [0.25, 0.3) is 10.9 Å². The highest BCUT2D eigenvalue weighted by atomic mass is 16.5. The van der Waals surface area contributed by atoms with Crippen LogP contribution in [0.4, 0.5) is 4.79 Å². The van der Waals surface area contributed by atoms with Crippen molar-refractivity contribution in [2.45, 2.75) is 76.2 Å². The van der Waals surface area contributed by atoms with Gasteiger partial charge in [0.15, 0.2) is 0 Å². The van der Waals surface area contributed by atoms with Gasteiger partial charge in [-0.05, 0) is 52.9 Å². The van der Waals surface area contributed by atoms with Crippen LogP contribution in [-0.4, -0.2) is 87.4 Å². The first kappa shape index (κ1) is 51.1. The average molecular weight is 976 g/mol. The maximum Gasteiger partial charge on any atom is 0.408 e. The molecular weight excluding hydrogens is 919 g/mol. The first-order chi connectivity index (χ1) is 35.0. The van der Waals surface area contributed by atoms with Gasteiger partial charge in [0.1, 0.15) is 49.2 Å². The minimum Gasteiger partial charge on any atom is -0.489 e. The van der Waals surface area contributed by atoms with Crippen molar-refractivity contribution in [3.8, 4) is 5.75 Å². The normalized spacial score (nSPS) is 13.1. The molecule has 0 spiro atoms. The molecule has 9 N–H and O–H groups in total. The second kappa shape index (κ2) is 25.7. The topological polar surface area (TPSA) is 261 Å². The van der Waals surface area contributed by atoms with Gasteiger partial charge in [0, 0.05) is 48.3 Å². The van der Waals surface area contributed by atoms with Gasteiger partial charge in [0.25, 0.3) is 0 Å². The summed E-state index contributed by atoms with van der Waals surface area (Å²) in [6, 6.07) is 35.9. The Morgan fingerprint density at radius 1 is 0.556 bits per heavy atom. The molecular formula is C54H57N9O9. The molecule has 0 saturated heterocycles. The SMILES string of the molecule is C[C@@H](NC(=O)[C@H](Cc1c[nH]c2ccccc12)NC(=O)[C@H](COCc1ccccc1)NC(=O)[C@H](Cc1ccc(OCc2ccccc2)cc1)NC(=O)[C@H](Cc1cnc[nH]1)NC(=O)OCc1ccccc1)C(N)=O. The predicted molar refractivity (Wildman–Crippen MR) is 267 cm³/mol. The van der Waals surface area contributed by atoms with Crippen LogP contribution in [0.15, 0.2) is 158 Å². The van der Waals surface area contributed by atoms with Crippen molar-refractivity contribution in [2.75, 3.05) is 6.61 Å². The fourth-order valence-electron chi connectivity index (χ4n) is 7.62. The molecule has 0 bridgehead atoms. The molecule has 72 heavy (non-hydrogen) atoms. The second-order valence-corrected chi connectivity index (χ2v) is 17.0. The third-order valence-electron chi connectivity index (χ3n) is 11.6. The number of aromatic amines is 2. The summed E-state index contributed by atoms with van der Waals surface area (Å²) in [6.45, 7) is 1.39. The van der Waals surface area contributed by atoms with Gasteiger partial charge in [-0.3, -0.25) is 24.0 Å². The zero-order valence-electron chi connectivity index (χ0n) is 39.5. The molecule has 2 heterocycles. The Balaban J connectivity index is 1.15. The maximum atomic E-state index is 14.8. The number of hydrogen-bond donors (Lipinski definition) is 8. The molecule has 7 aromatic rings. The van der Waals surface area contributed by atoms with E-state index in [4.69, 9.17) is 19.9 Å². The zero-order chi connectivity index (χ0) is 50.7. The monoisotopic (exact) mass is 975 g/mol. The number of hydrogen-bond acceptors (Lipinski definition) is 10. The molecule has 0 unspecified atom stereocenters. The molecule has 0 aliphatic heterocycles. The maximum absolute atomic E-state index is 14.8. The number of H-pyrrole nitrogens is 2. The lowest BCUT2D eigenvalue weighted by molar-refractivity contribution is -0.135. The average Bonchev–Trinajstić information content (AvgIpc) is 4.08. The molecule has 0 aliphatic rings. The van der Waals surface area contributed by atoms with Gasteiger partial charge in [-0.2, -0.15) is 0 Å². The van der Waals surface area contributed by atoms with Crippen molar-refractivity contribution in [2.24, 2.45) is 5.73 Å². The Morgan fingerprint density at radius 2 is 1.10 bits per heavy atom. The number of nitrogens with one attached hydrogen (secondary N) is 7. The Hall–Kier alpha value is -8.77. The van der Waals surface area contributed by atoms with Gasteiger partial charge in [-0.1, -0.05) is 121 Å². The van der Waals surface area contributed by atoms with Crippen molar-refractivity contribution in [3.63, 3.8) is 0 Å². The van der Waals surface area contributed by atoms with Gasteiger partial charge < -0.3 is 56.5 Å². The predicted octanol–water partition coefficient (Wildman–Crippen LogP) is 4.45. The van der Waals surface area contributed by atoms with Crippen LogP contribution < -0.4 is 37.1 Å². The van der Waals surface area contributed by atoms with E-state index in [1.165, 1.54) is 19.4 Å². The number of rotatable bonds is 25. The lowest BCUT2D eigenvalue weighted by atomic mass is 10.0. The molecule has 0 fully saturated rings. The summed E-state index contributed by atoms with van der Waals surface area (Å²) in [6.07, 6.45) is 3.63. The summed E-state index contributed by atoms with van der Waals surface area (Å²) in [5.41, 5.74) is 10.6. The lowest BCUT2D eigenvalue weighted by Crippen LogP contribution is -2.60. The molecule has 18 heteroatoms. The molecule has 5 atom stereocenters. The van der Waals surface area contributed by atoms with E-state index in [1.54, 1.807) is 54.7 Å². The van der Waals surface area contributed by atoms with Gasteiger partial charge in [0.05, 0.1) is 19.5 Å². The Bertz CT molecular complexity index is 2860. The largest absolute Gasteiger partial charge is 0.489 e. The number of aromatic nitrogens is 3. The fourth-order valence-corrected chi connectivity index (χ4v) is 7.62. The van der Waals surface area contributed by atoms with Gasteiger partial charge in [0.2, 0.25) is 29.5 Å². The van der Waals surface area contributed by atoms with Gasteiger partial charge in [-0.25, -0.2) is 9.78 Å². The third-order valence-corrected chi connectivity index (χ3v) is 11.6. The molecule has 5 aromatic carbocycles. The molecule has 2 aromatic heterocycles. The third kappa shape index (κ3) is 15.4. The van der Waals surface area contributed by atoms with Crippen LogP contribution in [0, 0.1) is 0 Å². The Morgan fingerprint density at radius 3 is 1.72 bits per heavy atom. The number of nitrogens with two attached hydrogens (primary N) is 1. The van der Waals surface area contributed by atoms with E-state index in [0.29, 0.717) is 29.2 Å². The number of fused-ring (bicyclic) bond motifs is 1. The van der Waals surface area contributed by atoms with E-state index in [2.05, 4.69) is 41.5 Å². The highest BCUT2D eigenvalue weighted by Gasteiger charge is 2.33. The van der Waals surface area contributed by atoms with Gasteiger partial charge in [-0.15, -0.1) is 0 Å². The van der Waals surface area contributed by atoms with E-state index < -0.39 is 65.8 Å². The molecule has 0 radical (unpaired) electrons. The van der Waals surface area contributed by atoms with Crippen LogP contribution in [0.2, 0.25) is 0 Å². The van der Waals surface area contributed by atoms with Crippen LogP contribution in [0.3, 0.4) is 0 Å². The number of benzene rings is 5. The number of primary amides is 1. The molecule has 7 rings (SSSR count). The quantitative estimate of drug-likeness (QED) is 0.0399. The summed E-state index contributed by atoms with van der Waals surface area (Å²) >= 11 is 0. The van der Waals surface area contributed by atoms with Crippen molar-refractivity contribution >= 4 is 46.5 Å². The zero-order valence-corrected chi connectivity index (χ0v) is 39.5. The summed E-state index contributed by atoms with van der Waals surface area (Å²) in [7, 11) is 0. The summed E-state index contributed by atoms with van der Waals surface area (Å²) in [5, 5.41) is 14.4. The number of amides is 6. The molecule has 6 amide bonds. The number of nitrogens with zero attached hydrogens (tertiary/aromatic N) is 1. The van der Waals surface area contributed by atoms with Crippen LogP contribution in [0.5, 0.6) is 5.75 Å². The summed E-state index contributed by atoms with van der Waals surface area (Å²) < 4.78 is 17.5. The van der Waals surface area contributed by atoms with Gasteiger partial charge >= 0.3 is 6.09 Å². The number of alkyl carbamates (subject to hydrolysis) is 1. The van der Waals surface area contributed by atoms with E-state index in [0.717, 1.165) is 27.6 Å². The highest BCUT2D eigenvalue weighted by Crippen LogP contribution is 2.20. The van der Waals surface area contributed by atoms with Crippen LogP contribution in [0.1, 0.15) is 40.4 Å². The first-order valence-electron chi connectivity index (χ1n) is 23.3. The second-order valence-electron chi connectivity index (χ2n) is 17.0. The first-order valence-corrected chi connectivity index (χ1v) is 23.3. The molecule has 372 valence electrons. The van der Waals surface area contributed by atoms with Crippen molar-refractivity contribution in [3.05, 3.63) is 192 Å². The summed E-state index contributed by atoms with van der Waals surface area (Å²) in [4.78, 5) is 93.1. The fraction of sp³-hybridized carbons (Fsp3) is 0.241. The lowest BCUT2D eigenvalue weighted by Gasteiger charge is -2.27. The number of para-hydroxylation sites is 1. The van der Waals surface area contributed by atoms with Crippen molar-refractivity contribution < 1.29 is 43.0 Å². The van der Waals surface area contributed by atoms with E-state index in [1.807, 2.05) is 91.0 Å². The van der Waals surface area contributed by atoms with Crippen molar-refractivity contribution in [1.82, 2.24) is 41.5 Å². The summed E-state index contributed by atoms with van der Waals surface area (Å²) in [5.74, 6) is -3.25. The molecule has 0 saturated carbocycles. The minimum absolute atomic E-state index is 0.0130.